The van der Waals surface area contributed by atoms with Crippen molar-refractivity contribution in [3.63, 3.8) is 0 Å². The summed E-state index contributed by atoms with van der Waals surface area (Å²) in [5.41, 5.74) is 3.82. The van der Waals surface area contributed by atoms with Crippen LogP contribution in [0.25, 0.3) is 0 Å². The first kappa shape index (κ1) is 17.5. The zero-order valence-electron chi connectivity index (χ0n) is 14.6. The number of hydrogen-bond acceptors (Lipinski definition) is 3. The SMILES string of the molecule is Cc1cccc(C(C)C)c1NC(=O)CC1Sc2ccccc2NC1=O. The number of anilines is 2. The molecule has 25 heavy (non-hydrogen) atoms. The maximum Gasteiger partial charge on any atom is 0.238 e. The summed E-state index contributed by atoms with van der Waals surface area (Å²) in [6.45, 7) is 6.19. The lowest BCUT2D eigenvalue weighted by Crippen LogP contribution is -2.32. The molecule has 1 atom stereocenters. The number of benzene rings is 2. The minimum atomic E-state index is -0.415. The summed E-state index contributed by atoms with van der Waals surface area (Å²) >= 11 is 1.45. The quantitative estimate of drug-likeness (QED) is 0.846. The van der Waals surface area contributed by atoms with Crippen molar-refractivity contribution in [1.29, 1.82) is 0 Å². The third kappa shape index (κ3) is 3.87. The van der Waals surface area contributed by atoms with Crippen molar-refractivity contribution in [3.05, 3.63) is 53.6 Å². The van der Waals surface area contributed by atoms with Crippen molar-refractivity contribution in [1.82, 2.24) is 0 Å². The number of nitrogens with one attached hydrogen (secondary N) is 2. The third-order valence-electron chi connectivity index (χ3n) is 4.27. The van der Waals surface area contributed by atoms with Gasteiger partial charge < -0.3 is 10.6 Å². The van der Waals surface area contributed by atoms with E-state index in [-0.39, 0.29) is 18.2 Å². The maximum atomic E-state index is 12.6. The van der Waals surface area contributed by atoms with Gasteiger partial charge >= 0.3 is 0 Å². The van der Waals surface area contributed by atoms with Crippen molar-refractivity contribution < 1.29 is 9.59 Å². The minimum Gasteiger partial charge on any atom is -0.326 e. The number of para-hydroxylation sites is 2. The van der Waals surface area contributed by atoms with Crippen LogP contribution in [0.4, 0.5) is 11.4 Å². The largest absolute Gasteiger partial charge is 0.326 e. The molecule has 2 N–H and O–H groups in total. The predicted octanol–water partition coefficient (Wildman–Crippen LogP) is 4.56. The van der Waals surface area contributed by atoms with Crippen LogP contribution in [0.5, 0.6) is 0 Å². The molecule has 2 aromatic carbocycles. The summed E-state index contributed by atoms with van der Waals surface area (Å²) in [6.07, 6.45) is 0.150. The summed E-state index contributed by atoms with van der Waals surface area (Å²) in [7, 11) is 0. The Morgan fingerprint density at radius 2 is 1.96 bits per heavy atom. The highest BCUT2D eigenvalue weighted by molar-refractivity contribution is 8.01. The lowest BCUT2D eigenvalue weighted by molar-refractivity contribution is -0.120. The fraction of sp³-hybridized carbons (Fsp3) is 0.300. The van der Waals surface area contributed by atoms with E-state index < -0.39 is 5.25 Å². The van der Waals surface area contributed by atoms with E-state index in [2.05, 4.69) is 24.5 Å². The van der Waals surface area contributed by atoms with Crippen LogP contribution in [0.1, 0.15) is 37.3 Å². The van der Waals surface area contributed by atoms with E-state index in [0.717, 1.165) is 27.4 Å². The molecule has 0 aromatic heterocycles. The molecule has 3 rings (SSSR count). The van der Waals surface area contributed by atoms with E-state index in [1.165, 1.54) is 11.8 Å². The summed E-state index contributed by atoms with van der Waals surface area (Å²) in [5.74, 6) is 0.0605. The van der Waals surface area contributed by atoms with E-state index in [1.807, 2.05) is 49.4 Å². The van der Waals surface area contributed by atoms with Crippen LogP contribution >= 0.6 is 11.8 Å². The number of aryl methyl sites for hydroxylation is 1. The fourth-order valence-electron chi connectivity index (χ4n) is 2.93. The zero-order chi connectivity index (χ0) is 18.0. The van der Waals surface area contributed by atoms with Gasteiger partial charge in [0.05, 0.1) is 10.9 Å². The first-order valence-electron chi connectivity index (χ1n) is 8.41. The summed E-state index contributed by atoms with van der Waals surface area (Å²) in [6, 6.07) is 13.7. The Hall–Kier alpha value is -2.27. The molecule has 5 heteroatoms. The number of fused-ring (bicyclic) bond motifs is 1. The Morgan fingerprint density at radius 3 is 2.72 bits per heavy atom. The van der Waals surface area contributed by atoms with Gasteiger partial charge in [-0.15, -0.1) is 11.8 Å². The summed E-state index contributed by atoms with van der Waals surface area (Å²) in [5, 5.41) is 5.48. The molecule has 0 spiro atoms. The molecule has 4 nitrogen and oxygen atoms in total. The van der Waals surface area contributed by atoms with Crippen molar-refractivity contribution in [3.8, 4) is 0 Å². The first-order valence-corrected chi connectivity index (χ1v) is 9.29. The molecule has 1 unspecified atom stereocenters. The second-order valence-electron chi connectivity index (χ2n) is 6.54. The van der Waals surface area contributed by atoms with Crippen molar-refractivity contribution in [2.75, 3.05) is 10.6 Å². The van der Waals surface area contributed by atoms with E-state index in [1.54, 1.807) is 0 Å². The van der Waals surface area contributed by atoms with Crippen LogP contribution in [0.3, 0.4) is 0 Å². The van der Waals surface area contributed by atoms with Crippen LogP contribution in [-0.2, 0) is 9.59 Å². The highest BCUT2D eigenvalue weighted by atomic mass is 32.2. The minimum absolute atomic E-state index is 0.118. The Bertz CT molecular complexity index is 817. The Kier molecular flexibility index (Phi) is 5.13. The average Bonchev–Trinajstić information content (AvgIpc) is 2.57. The molecule has 0 radical (unpaired) electrons. The fourth-order valence-corrected chi connectivity index (χ4v) is 4.04. The van der Waals surface area contributed by atoms with Crippen molar-refractivity contribution in [2.24, 2.45) is 0 Å². The molecule has 0 saturated carbocycles. The van der Waals surface area contributed by atoms with Gasteiger partial charge in [0.1, 0.15) is 0 Å². The lowest BCUT2D eigenvalue weighted by atomic mass is 9.98. The van der Waals surface area contributed by atoms with Crippen LogP contribution in [-0.4, -0.2) is 17.1 Å². The smallest absolute Gasteiger partial charge is 0.238 e. The number of rotatable bonds is 4. The van der Waals surface area contributed by atoms with Gasteiger partial charge in [0.2, 0.25) is 11.8 Å². The molecule has 1 aliphatic heterocycles. The van der Waals surface area contributed by atoms with Gasteiger partial charge in [-0.25, -0.2) is 0 Å². The van der Waals surface area contributed by atoms with E-state index >= 15 is 0 Å². The van der Waals surface area contributed by atoms with Gasteiger partial charge in [-0.2, -0.15) is 0 Å². The van der Waals surface area contributed by atoms with Gasteiger partial charge in [-0.05, 0) is 36.1 Å². The Morgan fingerprint density at radius 1 is 1.20 bits per heavy atom. The van der Waals surface area contributed by atoms with E-state index in [0.29, 0.717) is 5.92 Å². The second kappa shape index (κ2) is 7.31. The predicted molar refractivity (Wildman–Crippen MR) is 103 cm³/mol. The molecule has 0 aliphatic carbocycles. The highest BCUT2D eigenvalue weighted by Gasteiger charge is 2.29. The molecular weight excluding hydrogens is 332 g/mol. The second-order valence-corrected chi connectivity index (χ2v) is 7.78. The number of carbonyl (C=O) groups is 2. The number of carbonyl (C=O) groups excluding carboxylic acids is 2. The molecule has 1 heterocycles. The van der Waals surface area contributed by atoms with Gasteiger partial charge in [-0.3, -0.25) is 9.59 Å². The van der Waals surface area contributed by atoms with Crippen LogP contribution < -0.4 is 10.6 Å². The first-order chi connectivity index (χ1) is 12.0. The topological polar surface area (TPSA) is 58.2 Å². The van der Waals surface area contributed by atoms with E-state index in [9.17, 15) is 9.59 Å². The molecule has 2 aromatic rings. The average molecular weight is 354 g/mol. The van der Waals surface area contributed by atoms with Crippen LogP contribution in [0.15, 0.2) is 47.4 Å². The monoisotopic (exact) mass is 354 g/mol. The molecule has 0 fully saturated rings. The van der Waals surface area contributed by atoms with Crippen molar-refractivity contribution in [2.45, 2.75) is 43.3 Å². The van der Waals surface area contributed by atoms with Gasteiger partial charge in [0, 0.05) is 17.0 Å². The maximum absolute atomic E-state index is 12.6. The van der Waals surface area contributed by atoms with Crippen LogP contribution in [0, 0.1) is 6.92 Å². The third-order valence-corrected chi connectivity index (χ3v) is 5.54. The summed E-state index contributed by atoms with van der Waals surface area (Å²) < 4.78 is 0. The normalized spacial score (nSPS) is 16.3. The summed E-state index contributed by atoms with van der Waals surface area (Å²) in [4.78, 5) is 25.8. The van der Waals surface area contributed by atoms with Crippen molar-refractivity contribution >= 4 is 35.0 Å². The molecular formula is C20H22N2O2S. The Balaban J connectivity index is 1.73. The lowest BCUT2D eigenvalue weighted by Gasteiger charge is -2.24. The van der Waals surface area contributed by atoms with E-state index in [4.69, 9.17) is 0 Å². The van der Waals surface area contributed by atoms with Gasteiger partial charge in [0.25, 0.3) is 0 Å². The van der Waals surface area contributed by atoms with Gasteiger partial charge in [-0.1, -0.05) is 44.2 Å². The number of thioether (sulfide) groups is 1. The molecule has 0 bridgehead atoms. The number of hydrogen-bond donors (Lipinski definition) is 2. The highest BCUT2D eigenvalue weighted by Crippen LogP contribution is 2.37. The zero-order valence-corrected chi connectivity index (χ0v) is 15.4. The van der Waals surface area contributed by atoms with Crippen LogP contribution in [0.2, 0.25) is 0 Å². The molecule has 0 saturated heterocycles. The molecule has 1 aliphatic rings. The molecule has 2 amide bonds. The van der Waals surface area contributed by atoms with Gasteiger partial charge in [0.15, 0.2) is 0 Å². The Labute approximate surface area is 152 Å². The standard InChI is InChI=1S/C20H22N2O2S/c1-12(2)14-8-6-7-13(3)19(14)22-18(23)11-17-20(24)21-15-9-4-5-10-16(15)25-17/h4-10,12,17H,11H2,1-3H3,(H,21,24)(H,22,23). The molecule has 130 valence electrons. The number of amides is 2.